The molecule has 0 saturated heterocycles. The van der Waals surface area contributed by atoms with Crippen molar-refractivity contribution < 1.29 is 0 Å². The third-order valence-electron chi connectivity index (χ3n) is 3.74. The van der Waals surface area contributed by atoms with Crippen LogP contribution in [0.2, 0.25) is 0 Å². The standard InChI is InChI=1S/C19H26S/c1-3-4-6-11-19(17-9-7-5-8-10-17)20-18-14-12-16(2)13-15-18/h9,11-15H,3-8,10H2,1-2H3/b19-11-. The number of allylic oxidation sites excluding steroid dienone is 3. The Bertz CT molecular complexity index is 465. The summed E-state index contributed by atoms with van der Waals surface area (Å²) in [5, 5.41) is 0. The van der Waals surface area contributed by atoms with Crippen molar-refractivity contribution in [2.45, 2.75) is 63.7 Å². The molecular formula is C19H26S. The first-order chi connectivity index (χ1) is 9.79. The Morgan fingerprint density at radius 3 is 2.65 bits per heavy atom. The van der Waals surface area contributed by atoms with E-state index >= 15 is 0 Å². The lowest BCUT2D eigenvalue weighted by Gasteiger charge is -2.16. The first-order valence-corrected chi connectivity index (χ1v) is 8.75. The predicted molar refractivity (Wildman–Crippen MR) is 91.2 cm³/mol. The van der Waals surface area contributed by atoms with Crippen LogP contribution in [-0.2, 0) is 0 Å². The van der Waals surface area contributed by atoms with Gasteiger partial charge in [-0.15, -0.1) is 0 Å². The van der Waals surface area contributed by atoms with Gasteiger partial charge in [-0.25, -0.2) is 0 Å². The van der Waals surface area contributed by atoms with Gasteiger partial charge < -0.3 is 0 Å². The van der Waals surface area contributed by atoms with Gasteiger partial charge in [-0.05, 0) is 56.7 Å². The molecule has 20 heavy (non-hydrogen) atoms. The van der Waals surface area contributed by atoms with E-state index in [1.54, 1.807) is 5.57 Å². The molecule has 1 aliphatic carbocycles. The Balaban J connectivity index is 2.11. The van der Waals surface area contributed by atoms with Gasteiger partial charge in [-0.2, -0.15) is 0 Å². The van der Waals surface area contributed by atoms with Gasteiger partial charge in [0.2, 0.25) is 0 Å². The number of unbranched alkanes of at least 4 members (excludes halogenated alkanes) is 2. The van der Waals surface area contributed by atoms with E-state index in [-0.39, 0.29) is 0 Å². The summed E-state index contributed by atoms with van der Waals surface area (Å²) in [6.45, 7) is 4.41. The number of rotatable bonds is 6. The third-order valence-corrected chi connectivity index (χ3v) is 4.90. The number of hydrogen-bond acceptors (Lipinski definition) is 1. The van der Waals surface area contributed by atoms with E-state index in [2.05, 4.69) is 50.3 Å². The van der Waals surface area contributed by atoms with Crippen LogP contribution in [0.15, 0.2) is 51.8 Å². The van der Waals surface area contributed by atoms with E-state index in [0.29, 0.717) is 0 Å². The molecule has 0 spiro atoms. The summed E-state index contributed by atoms with van der Waals surface area (Å²) in [7, 11) is 0. The third kappa shape index (κ3) is 4.86. The molecule has 1 aromatic rings. The molecule has 108 valence electrons. The highest BCUT2D eigenvalue weighted by Gasteiger charge is 2.10. The summed E-state index contributed by atoms with van der Waals surface area (Å²) in [6, 6.07) is 8.91. The average molecular weight is 286 g/mol. The monoisotopic (exact) mass is 286 g/mol. The molecule has 0 radical (unpaired) electrons. The Hall–Kier alpha value is -0.950. The highest BCUT2D eigenvalue weighted by molar-refractivity contribution is 8.03. The molecule has 0 aromatic heterocycles. The fraction of sp³-hybridized carbons (Fsp3) is 0.474. The van der Waals surface area contributed by atoms with Crippen molar-refractivity contribution in [1.29, 1.82) is 0 Å². The fourth-order valence-corrected chi connectivity index (χ4v) is 3.51. The van der Waals surface area contributed by atoms with Crippen molar-refractivity contribution in [1.82, 2.24) is 0 Å². The van der Waals surface area contributed by atoms with Crippen LogP contribution in [0.3, 0.4) is 0 Å². The molecule has 1 aliphatic rings. The number of thioether (sulfide) groups is 1. The van der Waals surface area contributed by atoms with Crippen molar-refractivity contribution in [2.75, 3.05) is 0 Å². The summed E-state index contributed by atoms with van der Waals surface area (Å²) < 4.78 is 0. The lowest BCUT2D eigenvalue weighted by atomic mass is 9.99. The topological polar surface area (TPSA) is 0 Å². The van der Waals surface area contributed by atoms with E-state index in [1.807, 2.05) is 11.8 Å². The van der Waals surface area contributed by atoms with E-state index in [1.165, 1.54) is 60.3 Å². The normalized spacial score (nSPS) is 16.1. The van der Waals surface area contributed by atoms with Crippen LogP contribution in [0.4, 0.5) is 0 Å². The Morgan fingerprint density at radius 2 is 2.00 bits per heavy atom. The number of benzene rings is 1. The molecule has 0 N–H and O–H groups in total. The van der Waals surface area contributed by atoms with Gasteiger partial charge >= 0.3 is 0 Å². The first-order valence-electron chi connectivity index (χ1n) is 7.93. The van der Waals surface area contributed by atoms with Crippen molar-refractivity contribution in [2.24, 2.45) is 0 Å². The summed E-state index contributed by atoms with van der Waals surface area (Å²) >= 11 is 1.95. The molecule has 0 nitrogen and oxygen atoms in total. The van der Waals surface area contributed by atoms with E-state index < -0.39 is 0 Å². The average Bonchev–Trinajstić information content (AvgIpc) is 2.49. The quantitative estimate of drug-likeness (QED) is 0.416. The summed E-state index contributed by atoms with van der Waals surface area (Å²) in [4.78, 5) is 2.87. The van der Waals surface area contributed by atoms with Gasteiger partial charge in [0.05, 0.1) is 0 Å². The molecule has 1 heteroatoms. The maximum absolute atomic E-state index is 2.46. The summed E-state index contributed by atoms with van der Waals surface area (Å²) in [5.74, 6) is 0. The summed E-state index contributed by atoms with van der Waals surface area (Å²) in [5.41, 5.74) is 2.92. The van der Waals surface area contributed by atoms with Crippen LogP contribution >= 0.6 is 11.8 Å². The molecule has 1 aromatic carbocycles. The molecule has 0 heterocycles. The minimum absolute atomic E-state index is 1.21. The van der Waals surface area contributed by atoms with Gasteiger partial charge in [0.25, 0.3) is 0 Å². The fourth-order valence-electron chi connectivity index (χ4n) is 2.47. The largest absolute Gasteiger partial charge is 0.0902 e. The van der Waals surface area contributed by atoms with Gasteiger partial charge in [0, 0.05) is 9.80 Å². The van der Waals surface area contributed by atoms with Gasteiger partial charge in [-0.1, -0.05) is 61.4 Å². The lowest BCUT2D eigenvalue weighted by molar-refractivity contribution is 0.709. The highest BCUT2D eigenvalue weighted by Crippen LogP contribution is 2.36. The summed E-state index contributed by atoms with van der Waals surface area (Å²) in [6.07, 6.45) is 13.9. The second-order valence-corrected chi connectivity index (χ2v) is 6.72. The molecule has 0 saturated carbocycles. The molecule has 0 unspecified atom stereocenters. The van der Waals surface area contributed by atoms with Crippen LogP contribution in [-0.4, -0.2) is 0 Å². The second-order valence-electron chi connectivity index (χ2n) is 5.60. The van der Waals surface area contributed by atoms with Gasteiger partial charge in [0.1, 0.15) is 0 Å². The van der Waals surface area contributed by atoms with E-state index in [4.69, 9.17) is 0 Å². The van der Waals surface area contributed by atoms with E-state index in [9.17, 15) is 0 Å². The Morgan fingerprint density at radius 1 is 1.20 bits per heavy atom. The van der Waals surface area contributed by atoms with Crippen molar-refractivity contribution >= 4 is 11.8 Å². The zero-order valence-corrected chi connectivity index (χ0v) is 13.6. The van der Waals surface area contributed by atoms with Crippen molar-refractivity contribution in [3.05, 3.63) is 52.5 Å². The van der Waals surface area contributed by atoms with Crippen molar-refractivity contribution in [3.63, 3.8) is 0 Å². The molecule has 2 rings (SSSR count). The van der Waals surface area contributed by atoms with Crippen LogP contribution in [0.1, 0.15) is 57.4 Å². The van der Waals surface area contributed by atoms with Crippen LogP contribution < -0.4 is 0 Å². The zero-order chi connectivity index (χ0) is 14.2. The predicted octanol–water partition coefficient (Wildman–Crippen LogP) is 6.66. The van der Waals surface area contributed by atoms with Crippen LogP contribution in [0.25, 0.3) is 0 Å². The van der Waals surface area contributed by atoms with Crippen LogP contribution in [0, 0.1) is 6.92 Å². The van der Waals surface area contributed by atoms with Crippen LogP contribution in [0.5, 0.6) is 0 Å². The van der Waals surface area contributed by atoms with E-state index in [0.717, 1.165) is 0 Å². The Labute approximate surface area is 128 Å². The molecule has 0 amide bonds. The minimum atomic E-state index is 1.21. The lowest BCUT2D eigenvalue weighted by Crippen LogP contribution is -1.94. The first kappa shape index (κ1) is 15.4. The van der Waals surface area contributed by atoms with Gasteiger partial charge in [0.15, 0.2) is 0 Å². The zero-order valence-electron chi connectivity index (χ0n) is 12.8. The Kier molecular flexibility index (Phi) is 6.46. The molecule has 0 bridgehead atoms. The second kappa shape index (κ2) is 8.36. The van der Waals surface area contributed by atoms with Crippen molar-refractivity contribution in [3.8, 4) is 0 Å². The molecule has 0 aliphatic heterocycles. The highest BCUT2D eigenvalue weighted by atomic mass is 32.2. The number of aryl methyl sites for hydroxylation is 1. The molecule has 0 atom stereocenters. The SMILES string of the molecule is CCCC/C=C(\Sc1ccc(C)cc1)C1=CCCCC1. The smallest absolute Gasteiger partial charge is 0.0122 e. The maximum atomic E-state index is 2.46. The minimum Gasteiger partial charge on any atom is -0.0902 e. The number of hydrogen-bond donors (Lipinski definition) is 0. The molecular weight excluding hydrogens is 260 g/mol. The maximum Gasteiger partial charge on any atom is 0.0122 e. The molecule has 0 fully saturated rings. The van der Waals surface area contributed by atoms with Gasteiger partial charge in [-0.3, -0.25) is 0 Å².